The van der Waals surface area contributed by atoms with Gasteiger partial charge >= 0.3 is 0 Å². The van der Waals surface area contributed by atoms with Gasteiger partial charge in [-0.3, -0.25) is 9.59 Å². The van der Waals surface area contributed by atoms with Crippen LogP contribution in [0.2, 0.25) is 0 Å². The van der Waals surface area contributed by atoms with Crippen molar-refractivity contribution < 1.29 is 14.3 Å². The molecule has 2 amide bonds. The normalized spacial score (nSPS) is 10.0. The maximum atomic E-state index is 12.3. The predicted octanol–water partition coefficient (Wildman–Crippen LogP) is 3.45. The molecule has 0 saturated carbocycles. The first kappa shape index (κ1) is 17.0. The van der Waals surface area contributed by atoms with Crippen LogP contribution in [0.25, 0.3) is 0 Å². The van der Waals surface area contributed by atoms with Crippen LogP contribution in [-0.4, -0.2) is 25.5 Å². The molecule has 0 atom stereocenters. The number of halogens is 1. The van der Waals surface area contributed by atoms with Gasteiger partial charge in [0.2, 0.25) is 11.8 Å². The van der Waals surface area contributed by atoms with Gasteiger partial charge in [0.25, 0.3) is 0 Å². The quantitative estimate of drug-likeness (QED) is 0.869. The Balaban J connectivity index is 2.14. The highest BCUT2D eigenvalue weighted by atomic mass is 79.9. The highest BCUT2D eigenvalue weighted by Gasteiger charge is 2.17. The van der Waals surface area contributed by atoms with E-state index in [0.717, 1.165) is 4.47 Å². The van der Waals surface area contributed by atoms with Gasteiger partial charge in [0.1, 0.15) is 12.3 Å². The maximum absolute atomic E-state index is 12.3. The van der Waals surface area contributed by atoms with Gasteiger partial charge in [-0.1, -0.05) is 34.1 Å². The van der Waals surface area contributed by atoms with Crippen molar-refractivity contribution >= 4 is 39.1 Å². The zero-order valence-electron chi connectivity index (χ0n) is 12.9. The van der Waals surface area contributed by atoms with Crippen molar-refractivity contribution in [3.63, 3.8) is 0 Å². The Hall–Kier alpha value is -2.34. The van der Waals surface area contributed by atoms with Gasteiger partial charge in [-0.05, 0) is 30.3 Å². The van der Waals surface area contributed by atoms with E-state index in [-0.39, 0.29) is 18.4 Å². The molecule has 0 spiro atoms. The third-order valence-corrected chi connectivity index (χ3v) is 3.68. The van der Waals surface area contributed by atoms with Crippen LogP contribution >= 0.6 is 15.9 Å². The number of anilines is 2. The first-order valence-electron chi connectivity index (χ1n) is 6.98. The number of nitrogens with zero attached hydrogens (tertiary/aromatic N) is 1. The first-order valence-corrected chi connectivity index (χ1v) is 7.77. The van der Waals surface area contributed by atoms with Crippen LogP contribution in [0.5, 0.6) is 5.75 Å². The molecule has 0 saturated heterocycles. The van der Waals surface area contributed by atoms with Gasteiger partial charge in [0, 0.05) is 17.1 Å². The minimum absolute atomic E-state index is 0.0795. The highest BCUT2D eigenvalue weighted by molar-refractivity contribution is 9.10. The topological polar surface area (TPSA) is 58.6 Å². The molecule has 0 bridgehead atoms. The summed E-state index contributed by atoms with van der Waals surface area (Å²) in [6.45, 7) is 1.35. The highest BCUT2D eigenvalue weighted by Crippen LogP contribution is 2.24. The van der Waals surface area contributed by atoms with E-state index in [9.17, 15) is 9.59 Å². The molecule has 0 aliphatic rings. The fourth-order valence-corrected chi connectivity index (χ4v) is 2.50. The molecule has 0 radical (unpaired) electrons. The lowest BCUT2D eigenvalue weighted by molar-refractivity contribution is -0.120. The number of para-hydroxylation sites is 2. The Morgan fingerprint density at radius 3 is 2.57 bits per heavy atom. The first-order chi connectivity index (χ1) is 11.0. The Morgan fingerprint density at radius 2 is 1.91 bits per heavy atom. The zero-order valence-corrected chi connectivity index (χ0v) is 14.5. The van der Waals surface area contributed by atoms with E-state index in [2.05, 4.69) is 21.2 Å². The molecule has 5 nitrogen and oxygen atoms in total. The average Bonchev–Trinajstić information content (AvgIpc) is 2.53. The molecule has 0 aromatic heterocycles. The smallest absolute Gasteiger partial charge is 0.244 e. The van der Waals surface area contributed by atoms with Crippen LogP contribution in [0.3, 0.4) is 0 Å². The fraction of sp³-hybridized carbons (Fsp3) is 0.176. The van der Waals surface area contributed by atoms with E-state index in [0.29, 0.717) is 17.1 Å². The van der Waals surface area contributed by atoms with Gasteiger partial charge in [0.05, 0.1) is 12.8 Å². The Bertz CT molecular complexity index is 718. The zero-order chi connectivity index (χ0) is 16.8. The second kappa shape index (κ2) is 7.78. The molecular weight excluding hydrogens is 360 g/mol. The van der Waals surface area contributed by atoms with Crippen molar-refractivity contribution in [3.8, 4) is 5.75 Å². The van der Waals surface area contributed by atoms with Crippen LogP contribution < -0.4 is 15.0 Å². The lowest BCUT2D eigenvalue weighted by atomic mass is 10.2. The molecule has 0 aliphatic carbocycles. The van der Waals surface area contributed by atoms with E-state index in [4.69, 9.17) is 4.74 Å². The minimum Gasteiger partial charge on any atom is -0.495 e. The second-order valence-corrected chi connectivity index (χ2v) is 5.75. The van der Waals surface area contributed by atoms with Crippen molar-refractivity contribution in [2.75, 3.05) is 23.9 Å². The predicted molar refractivity (Wildman–Crippen MR) is 93.8 cm³/mol. The van der Waals surface area contributed by atoms with Crippen molar-refractivity contribution in [2.45, 2.75) is 6.92 Å². The third-order valence-electron chi connectivity index (χ3n) is 3.18. The van der Waals surface area contributed by atoms with Crippen LogP contribution in [-0.2, 0) is 9.59 Å². The summed E-state index contributed by atoms with van der Waals surface area (Å²) in [5, 5.41) is 2.76. The average molecular weight is 377 g/mol. The fourth-order valence-electron chi connectivity index (χ4n) is 2.11. The van der Waals surface area contributed by atoms with Gasteiger partial charge in [-0.15, -0.1) is 0 Å². The van der Waals surface area contributed by atoms with Crippen molar-refractivity contribution in [1.29, 1.82) is 0 Å². The van der Waals surface area contributed by atoms with Crippen molar-refractivity contribution in [3.05, 3.63) is 53.0 Å². The summed E-state index contributed by atoms with van der Waals surface area (Å²) in [6.07, 6.45) is 0. The number of ether oxygens (including phenoxy) is 1. The molecule has 1 N–H and O–H groups in total. The second-order valence-electron chi connectivity index (χ2n) is 4.83. The Kier molecular flexibility index (Phi) is 5.76. The Morgan fingerprint density at radius 1 is 1.17 bits per heavy atom. The number of carbonyl (C=O) groups excluding carboxylic acids is 2. The molecule has 120 valence electrons. The SMILES string of the molecule is COc1ccccc1NC(=O)CN(C(C)=O)c1cccc(Br)c1. The van der Waals surface area contributed by atoms with E-state index in [1.165, 1.54) is 18.9 Å². The number of methoxy groups -OCH3 is 1. The minimum atomic E-state index is -0.301. The van der Waals surface area contributed by atoms with Crippen molar-refractivity contribution in [1.82, 2.24) is 0 Å². The van der Waals surface area contributed by atoms with Gasteiger partial charge in [-0.25, -0.2) is 0 Å². The molecule has 23 heavy (non-hydrogen) atoms. The van der Waals surface area contributed by atoms with Gasteiger partial charge < -0.3 is 15.0 Å². The largest absolute Gasteiger partial charge is 0.495 e. The molecule has 0 fully saturated rings. The lowest BCUT2D eigenvalue weighted by Gasteiger charge is -2.21. The van der Waals surface area contributed by atoms with Crippen LogP contribution in [0.4, 0.5) is 11.4 Å². The van der Waals surface area contributed by atoms with Gasteiger partial charge in [0.15, 0.2) is 0 Å². The molecular formula is C17H17BrN2O3. The van der Waals surface area contributed by atoms with E-state index < -0.39 is 0 Å². The number of amides is 2. The molecule has 2 rings (SSSR count). The van der Waals surface area contributed by atoms with Crippen LogP contribution in [0, 0.1) is 0 Å². The summed E-state index contributed by atoms with van der Waals surface area (Å²) in [5.41, 5.74) is 1.22. The summed E-state index contributed by atoms with van der Waals surface area (Å²) in [7, 11) is 1.54. The lowest BCUT2D eigenvalue weighted by Crippen LogP contribution is -2.36. The number of carbonyl (C=O) groups is 2. The monoisotopic (exact) mass is 376 g/mol. The number of hydrogen-bond acceptors (Lipinski definition) is 3. The number of rotatable bonds is 5. The Labute approximate surface area is 143 Å². The van der Waals surface area contributed by atoms with Crippen LogP contribution in [0.1, 0.15) is 6.92 Å². The summed E-state index contributed by atoms with van der Waals surface area (Å²) in [4.78, 5) is 25.6. The summed E-state index contributed by atoms with van der Waals surface area (Å²) in [5.74, 6) is 0.0561. The van der Waals surface area contributed by atoms with E-state index in [1.54, 1.807) is 30.3 Å². The number of benzene rings is 2. The molecule has 6 heteroatoms. The standard InChI is InChI=1S/C17H17BrN2O3/c1-12(21)20(14-7-5-6-13(18)10-14)11-17(22)19-15-8-3-4-9-16(15)23-2/h3-10H,11H2,1-2H3,(H,19,22). The molecule has 0 unspecified atom stereocenters. The summed E-state index contributed by atoms with van der Waals surface area (Å²) in [6, 6.07) is 14.4. The number of hydrogen-bond donors (Lipinski definition) is 1. The van der Waals surface area contributed by atoms with Gasteiger partial charge in [-0.2, -0.15) is 0 Å². The van der Waals surface area contributed by atoms with E-state index in [1.807, 2.05) is 18.2 Å². The van der Waals surface area contributed by atoms with Crippen molar-refractivity contribution in [2.24, 2.45) is 0 Å². The van der Waals surface area contributed by atoms with E-state index >= 15 is 0 Å². The summed E-state index contributed by atoms with van der Waals surface area (Å²) >= 11 is 3.36. The third kappa shape index (κ3) is 4.56. The molecule has 2 aromatic rings. The molecule has 0 aliphatic heterocycles. The molecule has 0 heterocycles. The van der Waals surface area contributed by atoms with Crippen LogP contribution in [0.15, 0.2) is 53.0 Å². The summed E-state index contributed by atoms with van der Waals surface area (Å²) < 4.78 is 6.04. The maximum Gasteiger partial charge on any atom is 0.244 e. The molecule has 2 aromatic carbocycles. The number of nitrogens with one attached hydrogen (secondary N) is 1.